The van der Waals surface area contributed by atoms with Crippen LogP contribution in [0.5, 0.6) is 5.75 Å². The van der Waals surface area contributed by atoms with Gasteiger partial charge in [-0.05, 0) is 63.2 Å². The summed E-state index contributed by atoms with van der Waals surface area (Å²) in [5, 5.41) is 18.1. The molecule has 5 nitrogen and oxygen atoms in total. The number of nitriles is 1. The minimum atomic E-state index is -0.807. The Kier molecular flexibility index (Phi) is 5.15. The van der Waals surface area contributed by atoms with Gasteiger partial charge in [0.25, 0.3) is 0 Å². The first-order valence-electron chi connectivity index (χ1n) is 8.44. The number of hydrogen-bond donors (Lipinski definition) is 0. The maximum absolute atomic E-state index is 13.1. The zero-order valence-corrected chi connectivity index (χ0v) is 16.0. The molecule has 0 spiro atoms. The van der Waals surface area contributed by atoms with Crippen LogP contribution in [0.1, 0.15) is 32.2 Å². The molecule has 0 radical (unpaired) electrons. The number of ether oxygens (including phenoxy) is 1. The zero-order valence-electron chi connectivity index (χ0n) is 15.2. The van der Waals surface area contributed by atoms with Crippen LogP contribution in [0, 0.1) is 17.1 Å². The maximum atomic E-state index is 13.1. The van der Waals surface area contributed by atoms with E-state index in [1.807, 2.05) is 25.3 Å². The summed E-state index contributed by atoms with van der Waals surface area (Å²) in [7, 11) is 0. The van der Waals surface area contributed by atoms with Gasteiger partial charge in [-0.3, -0.25) is 0 Å². The molecule has 0 fully saturated rings. The molecule has 0 saturated carbocycles. The second-order valence-electron chi connectivity index (χ2n) is 6.46. The molecule has 3 rings (SSSR count). The molecule has 0 N–H and O–H groups in total. The Morgan fingerprint density at radius 3 is 2.48 bits per heavy atom. The number of rotatable bonds is 5. The fourth-order valence-electron chi connectivity index (χ4n) is 2.86. The highest BCUT2D eigenvalue weighted by molar-refractivity contribution is 6.33. The molecule has 0 unspecified atom stereocenters. The molecule has 1 aromatic heterocycles. The smallest absolute Gasteiger partial charge is 0.177 e. The number of hydrogen-bond acceptors (Lipinski definition) is 4. The Morgan fingerprint density at radius 1 is 1.19 bits per heavy atom. The molecule has 2 aromatic carbocycles. The minimum Gasteiger partial charge on any atom is -0.480 e. The second kappa shape index (κ2) is 7.37. The summed E-state index contributed by atoms with van der Waals surface area (Å²) in [6.45, 7) is 6.32. The first-order chi connectivity index (χ1) is 12.9. The zero-order chi connectivity index (χ0) is 19.6. The van der Waals surface area contributed by atoms with Crippen LogP contribution in [0.15, 0.2) is 42.5 Å². The Morgan fingerprint density at radius 2 is 1.89 bits per heavy atom. The van der Waals surface area contributed by atoms with Crippen molar-refractivity contribution in [2.45, 2.75) is 32.9 Å². The van der Waals surface area contributed by atoms with E-state index in [0.29, 0.717) is 40.1 Å². The summed E-state index contributed by atoms with van der Waals surface area (Å²) in [6, 6.07) is 12.9. The van der Waals surface area contributed by atoms with Crippen LogP contribution in [0.4, 0.5) is 4.39 Å². The van der Waals surface area contributed by atoms with Crippen molar-refractivity contribution in [3.8, 4) is 23.2 Å². The molecule has 0 atom stereocenters. The Bertz CT molecular complexity index is 1010. The van der Waals surface area contributed by atoms with E-state index < -0.39 is 5.60 Å². The predicted octanol–water partition coefficient (Wildman–Crippen LogP) is 4.94. The van der Waals surface area contributed by atoms with Crippen molar-refractivity contribution in [3.63, 3.8) is 0 Å². The largest absolute Gasteiger partial charge is 0.480 e. The van der Waals surface area contributed by atoms with Crippen molar-refractivity contribution >= 4 is 11.6 Å². The van der Waals surface area contributed by atoms with Gasteiger partial charge in [0.05, 0.1) is 16.7 Å². The van der Waals surface area contributed by atoms with E-state index in [1.165, 1.54) is 12.1 Å². The molecule has 3 aromatic rings. The van der Waals surface area contributed by atoms with E-state index in [0.717, 1.165) is 0 Å². The van der Waals surface area contributed by atoms with E-state index in [4.69, 9.17) is 21.6 Å². The van der Waals surface area contributed by atoms with Gasteiger partial charge < -0.3 is 9.30 Å². The Hall–Kier alpha value is -2.91. The lowest BCUT2D eigenvalue weighted by atomic mass is 10.1. The van der Waals surface area contributed by atoms with Gasteiger partial charge in [-0.25, -0.2) is 4.39 Å². The van der Waals surface area contributed by atoms with E-state index in [-0.39, 0.29) is 5.82 Å². The van der Waals surface area contributed by atoms with Gasteiger partial charge in [-0.2, -0.15) is 5.26 Å². The van der Waals surface area contributed by atoms with E-state index in [2.05, 4.69) is 16.3 Å². The molecule has 7 heteroatoms. The minimum absolute atomic E-state index is 0.324. The second-order valence-corrected chi connectivity index (χ2v) is 6.87. The van der Waals surface area contributed by atoms with Crippen molar-refractivity contribution in [2.24, 2.45) is 0 Å². The molecule has 0 amide bonds. The summed E-state index contributed by atoms with van der Waals surface area (Å²) in [5.41, 5.74) is 0.360. The van der Waals surface area contributed by atoms with Gasteiger partial charge in [-0.1, -0.05) is 11.6 Å². The Balaban J connectivity index is 2.00. The first-order valence-corrected chi connectivity index (χ1v) is 8.81. The third kappa shape index (κ3) is 3.79. The molecule has 138 valence electrons. The van der Waals surface area contributed by atoms with Crippen LogP contribution in [0.2, 0.25) is 5.02 Å². The van der Waals surface area contributed by atoms with E-state index >= 15 is 0 Å². The summed E-state index contributed by atoms with van der Waals surface area (Å²) in [6.07, 6.45) is 0. The highest BCUT2D eigenvalue weighted by Crippen LogP contribution is 2.32. The standard InChI is InChI=1S/C20H18ClFN4O/c1-4-26-18(16-10-5-13(12-23)11-17(16)21)24-25-19(26)20(2,3)27-15-8-6-14(22)7-9-15/h5-11H,4H2,1-3H3. The summed E-state index contributed by atoms with van der Waals surface area (Å²) >= 11 is 6.34. The lowest BCUT2D eigenvalue weighted by Crippen LogP contribution is -2.29. The van der Waals surface area contributed by atoms with E-state index in [9.17, 15) is 4.39 Å². The van der Waals surface area contributed by atoms with Crippen LogP contribution in [0.25, 0.3) is 11.4 Å². The topological polar surface area (TPSA) is 63.7 Å². The average Bonchev–Trinajstić information content (AvgIpc) is 3.08. The monoisotopic (exact) mass is 384 g/mol. The number of halogens is 2. The third-order valence-corrected chi connectivity index (χ3v) is 4.44. The van der Waals surface area contributed by atoms with E-state index in [1.54, 1.807) is 30.3 Å². The molecule has 0 aliphatic carbocycles. The number of aromatic nitrogens is 3. The molecular weight excluding hydrogens is 367 g/mol. The first kappa shape index (κ1) is 18.9. The van der Waals surface area contributed by atoms with Gasteiger partial charge in [0, 0.05) is 12.1 Å². The van der Waals surface area contributed by atoms with Gasteiger partial charge >= 0.3 is 0 Å². The quantitative estimate of drug-likeness (QED) is 0.624. The van der Waals surface area contributed by atoms with Crippen LogP contribution in [-0.4, -0.2) is 14.8 Å². The SMILES string of the molecule is CCn1c(-c2ccc(C#N)cc2Cl)nnc1C(C)(C)Oc1ccc(F)cc1. The summed E-state index contributed by atoms with van der Waals surface area (Å²) in [5.74, 6) is 1.42. The van der Waals surface area contributed by atoms with Gasteiger partial charge in [-0.15, -0.1) is 10.2 Å². The van der Waals surface area contributed by atoms with Crippen LogP contribution in [0.3, 0.4) is 0 Å². The van der Waals surface area contributed by atoms with Crippen LogP contribution in [-0.2, 0) is 12.1 Å². The average molecular weight is 385 g/mol. The Labute approximate surface area is 162 Å². The molecule has 0 bridgehead atoms. The van der Waals surface area contributed by atoms with Crippen molar-refractivity contribution in [2.75, 3.05) is 0 Å². The van der Waals surface area contributed by atoms with Crippen LogP contribution < -0.4 is 4.74 Å². The predicted molar refractivity (Wildman–Crippen MR) is 101 cm³/mol. The van der Waals surface area contributed by atoms with Gasteiger partial charge in [0.1, 0.15) is 11.6 Å². The van der Waals surface area contributed by atoms with Crippen molar-refractivity contribution in [1.29, 1.82) is 5.26 Å². The third-order valence-electron chi connectivity index (χ3n) is 4.13. The normalized spacial score (nSPS) is 11.3. The highest BCUT2D eigenvalue weighted by Gasteiger charge is 2.31. The van der Waals surface area contributed by atoms with Crippen molar-refractivity contribution in [3.05, 3.63) is 64.7 Å². The van der Waals surface area contributed by atoms with Crippen molar-refractivity contribution < 1.29 is 9.13 Å². The van der Waals surface area contributed by atoms with Crippen LogP contribution >= 0.6 is 11.6 Å². The summed E-state index contributed by atoms with van der Waals surface area (Å²) < 4.78 is 21.1. The molecule has 0 aliphatic heterocycles. The molecule has 27 heavy (non-hydrogen) atoms. The molecule has 0 aliphatic rings. The maximum Gasteiger partial charge on any atom is 0.177 e. The fourth-order valence-corrected chi connectivity index (χ4v) is 3.12. The summed E-state index contributed by atoms with van der Waals surface area (Å²) in [4.78, 5) is 0. The van der Waals surface area contributed by atoms with Gasteiger partial charge in [0.2, 0.25) is 0 Å². The number of benzene rings is 2. The molecular formula is C20H18ClFN4O. The molecule has 1 heterocycles. The lowest BCUT2D eigenvalue weighted by Gasteiger charge is -2.26. The fraction of sp³-hybridized carbons (Fsp3) is 0.250. The van der Waals surface area contributed by atoms with Gasteiger partial charge in [0.15, 0.2) is 17.2 Å². The lowest BCUT2D eigenvalue weighted by molar-refractivity contribution is 0.0939. The van der Waals surface area contributed by atoms with Crippen molar-refractivity contribution in [1.82, 2.24) is 14.8 Å². The highest BCUT2D eigenvalue weighted by atomic mass is 35.5. The number of nitrogens with zero attached hydrogens (tertiary/aromatic N) is 4. The molecule has 0 saturated heterocycles.